The van der Waals surface area contributed by atoms with Gasteiger partial charge in [0.1, 0.15) is 21.9 Å². The molecule has 25 heavy (non-hydrogen) atoms. The number of sulfonamides is 1. The molecule has 0 fully saturated rings. The Balaban J connectivity index is 1.87. The van der Waals surface area contributed by atoms with Crippen LogP contribution in [0.1, 0.15) is 35.4 Å². The molecule has 0 saturated heterocycles. The normalized spacial score (nSPS) is 20.3. The van der Waals surface area contributed by atoms with Crippen molar-refractivity contribution in [1.29, 1.82) is 0 Å². The Morgan fingerprint density at radius 3 is 2.80 bits per heavy atom. The summed E-state index contributed by atoms with van der Waals surface area (Å²) >= 11 is 0. The molecular weight excluding hydrogens is 344 g/mol. The number of hydrogen-bond acceptors (Lipinski definition) is 6. The lowest BCUT2D eigenvalue weighted by atomic mass is 9.79. The van der Waals surface area contributed by atoms with Gasteiger partial charge in [0.25, 0.3) is 0 Å². The van der Waals surface area contributed by atoms with Crippen LogP contribution in [0.25, 0.3) is 0 Å². The van der Waals surface area contributed by atoms with E-state index in [4.69, 9.17) is 9.26 Å². The third kappa shape index (κ3) is 3.29. The maximum absolute atomic E-state index is 12.6. The van der Waals surface area contributed by atoms with Gasteiger partial charge in [0.15, 0.2) is 5.76 Å². The monoisotopic (exact) mass is 366 g/mol. The van der Waals surface area contributed by atoms with Crippen molar-refractivity contribution in [3.8, 4) is 5.75 Å². The second kappa shape index (κ2) is 6.44. The molecule has 3 rings (SSSR count). The van der Waals surface area contributed by atoms with E-state index in [9.17, 15) is 13.5 Å². The number of aryl methyl sites for hydroxylation is 3. The highest BCUT2D eigenvalue weighted by Gasteiger charge is 2.36. The summed E-state index contributed by atoms with van der Waals surface area (Å²) in [6.45, 7) is 3.01. The first kappa shape index (κ1) is 17.9. The van der Waals surface area contributed by atoms with Crippen LogP contribution >= 0.6 is 0 Å². The van der Waals surface area contributed by atoms with E-state index in [-0.39, 0.29) is 17.2 Å². The van der Waals surface area contributed by atoms with Gasteiger partial charge in [-0.25, -0.2) is 13.1 Å². The van der Waals surface area contributed by atoms with E-state index in [1.807, 2.05) is 6.07 Å². The molecule has 0 bridgehead atoms. The van der Waals surface area contributed by atoms with E-state index in [0.29, 0.717) is 12.1 Å². The van der Waals surface area contributed by atoms with Gasteiger partial charge in [-0.3, -0.25) is 0 Å². The zero-order valence-corrected chi connectivity index (χ0v) is 15.3. The van der Waals surface area contributed by atoms with Crippen LogP contribution < -0.4 is 9.46 Å². The van der Waals surface area contributed by atoms with Gasteiger partial charge in [0.05, 0.1) is 7.11 Å². The fourth-order valence-corrected chi connectivity index (χ4v) is 4.81. The lowest BCUT2D eigenvalue weighted by molar-refractivity contribution is 0.0242. The van der Waals surface area contributed by atoms with Gasteiger partial charge in [-0.1, -0.05) is 11.2 Å². The lowest BCUT2D eigenvalue weighted by Gasteiger charge is -2.34. The molecule has 1 aliphatic carbocycles. The molecule has 0 spiro atoms. The Morgan fingerprint density at radius 2 is 2.16 bits per heavy atom. The van der Waals surface area contributed by atoms with Crippen LogP contribution in [-0.2, 0) is 22.0 Å². The van der Waals surface area contributed by atoms with Crippen molar-refractivity contribution in [3.05, 3.63) is 40.8 Å². The molecule has 0 aliphatic heterocycles. The summed E-state index contributed by atoms with van der Waals surface area (Å²) in [6.07, 6.45) is 2.08. The van der Waals surface area contributed by atoms with Crippen LogP contribution in [0.3, 0.4) is 0 Å². The lowest BCUT2D eigenvalue weighted by Crippen LogP contribution is -2.43. The minimum Gasteiger partial charge on any atom is -0.497 e. The predicted octanol–water partition coefficient (Wildman–Crippen LogP) is 1.80. The van der Waals surface area contributed by atoms with Gasteiger partial charge in [0.2, 0.25) is 10.0 Å². The van der Waals surface area contributed by atoms with E-state index >= 15 is 0 Å². The number of methoxy groups -OCH3 is 1. The van der Waals surface area contributed by atoms with E-state index in [1.54, 1.807) is 33.1 Å². The van der Waals surface area contributed by atoms with Crippen LogP contribution in [0.4, 0.5) is 0 Å². The molecule has 1 atom stereocenters. The van der Waals surface area contributed by atoms with Crippen molar-refractivity contribution in [2.75, 3.05) is 13.7 Å². The number of nitrogens with one attached hydrogen (secondary N) is 1. The molecular formula is C17H22N2O5S. The van der Waals surface area contributed by atoms with Gasteiger partial charge in [-0.15, -0.1) is 0 Å². The first-order chi connectivity index (χ1) is 11.8. The molecule has 2 aromatic rings. The first-order valence-electron chi connectivity index (χ1n) is 8.09. The summed E-state index contributed by atoms with van der Waals surface area (Å²) in [5, 5.41) is 14.8. The molecule has 8 heteroatoms. The topological polar surface area (TPSA) is 102 Å². The largest absolute Gasteiger partial charge is 0.497 e. The molecule has 0 radical (unpaired) electrons. The number of rotatable bonds is 5. The summed E-state index contributed by atoms with van der Waals surface area (Å²) in [4.78, 5) is 0.0295. The van der Waals surface area contributed by atoms with Crippen LogP contribution in [0.5, 0.6) is 5.75 Å². The van der Waals surface area contributed by atoms with Gasteiger partial charge in [0, 0.05) is 6.54 Å². The zero-order valence-electron chi connectivity index (χ0n) is 14.5. The minimum absolute atomic E-state index is 0.0295. The van der Waals surface area contributed by atoms with E-state index in [1.165, 1.54) is 0 Å². The standard InChI is InChI=1S/C17H22N2O5S/c1-11-16(12(2)24-19-11)25(21,22)18-10-17(20)8-4-5-13-9-14(23-3)6-7-15(13)17/h6-7,9,18,20H,4-5,8,10H2,1-3H3/t17-/m1/s1. The summed E-state index contributed by atoms with van der Waals surface area (Å²) in [7, 11) is -2.23. The van der Waals surface area contributed by atoms with E-state index in [0.717, 1.165) is 29.7 Å². The first-order valence-corrected chi connectivity index (χ1v) is 9.57. The average Bonchev–Trinajstić information content (AvgIpc) is 2.92. The molecule has 1 aliphatic rings. The smallest absolute Gasteiger partial charge is 0.246 e. The van der Waals surface area contributed by atoms with Crippen molar-refractivity contribution < 1.29 is 22.8 Å². The van der Waals surface area contributed by atoms with Gasteiger partial charge >= 0.3 is 0 Å². The third-order valence-electron chi connectivity index (χ3n) is 4.64. The number of hydrogen-bond donors (Lipinski definition) is 2. The number of aromatic nitrogens is 1. The van der Waals surface area contributed by atoms with E-state index < -0.39 is 15.6 Å². The van der Waals surface area contributed by atoms with Crippen molar-refractivity contribution in [3.63, 3.8) is 0 Å². The maximum Gasteiger partial charge on any atom is 0.246 e. The van der Waals surface area contributed by atoms with Crippen LogP contribution in [0.2, 0.25) is 0 Å². The second-order valence-corrected chi connectivity index (χ2v) is 8.09. The van der Waals surface area contributed by atoms with Crippen LogP contribution in [0, 0.1) is 13.8 Å². The van der Waals surface area contributed by atoms with Gasteiger partial charge < -0.3 is 14.4 Å². The second-order valence-electron chi connectivity index (χ2n) is 6.39. The molecule has 0 amide bonds. The number of fused-ring (bicyclic) bond motifs is 1. The molecule has 2 N–H and O–H groups in total. The van der Waals surface area contributed by atoms with Gasteiger partial charge in [-0.05, 0) is 56.4 Å². The quantitative estimate of drug-likeness (QED) is 0.837. The summed E-state index contributed by atoms with van der Waals surface area (Å²) < 4.78 is 37.9. The van der Waals surface area contributed by atoms with Crippen molar-refractivity contribution in [2.24, 2.45) is 0 Å². The Bertz CT molecular complexity index is 871. The zero-order chi connectivity index (χ0) is 18.2. The SMILES string of the molecule is COc1ccc2c(c1)CCC[C@@]2(O)CNS(=O)(=O)c1c(C)noc1C. The summed E-state index contributed by atoms with van der Waals surface area (Å²) in [5.74, 6) is 0.949. The third-order valence-corrected chi connectivity index (χ3v) is 6.29. The average molecular weight is 366 g/mol. The Hall–Kier alpha value is -1.90. The van der Waals surface area contributed by atoms with Crippen LogP contribution in [-0.4, -0.2) is 32.3 Å². The fourth-order valence-electron chi connectivity index (χ4n) is 3.39. The van der Waals surface area contributed by atoms with Crippen LogP contribution in [0.15, 0.2) is 27.6 Å². The molecule has 1 heterocycles. The highest BCUT2D eigenvalue weighted by molar-refractivity contribution is 7.89. The van der Waals surface area contributed by atoms with Crippen molar-refractivity contribution in [2.45, 2.75) is 43.6 Å². The highest BCUT2D eigenvalue weighted by atomic mass is 32.2. The van der Waals surface area contributed by atoms with Crippen molar-refractivity contribution in [1.82, 2.24) is 9.88 Å². The number of benzene rings is 1. The highest BCUT2D eigenvalue weighted by Crippen LogP contribution is 2.37. The minimum atomic E-state index is -3.82. The molecule has 136 valence electrons. The number of nitrogens with zero attached hydrogens (tertiary/aromatic N) is 1. The van der Waals surface area contributed by atoms with Gasteiger partial charge in [-0.2, -0.15) is 0 Å². The molecule has 0 saturated carbocycles. The molecule has 7 nitrogen and oxygen atoms in total. The molecule has 1 aromatic carbocycles. The maximum atomic E-state index is 12.6. The summed E-state index contributed by atoms with van der Waals surface area (Å²) in [6, 6.07) is 5.47. The fraction of sp³-hybridized carbons (Fsp3) is 0.471. The Kier molecular flexibility index (Phi) is 4.61. The number of ether oxygens (including phenoxy) is 1. The Morgan fingerprint density at radius 1 is 1.40 bits per heavy atom. The summed E-state index contributed by atoms with van der Waals surface area (Å²) in [5.41, 5.74) is 0.753. The Labute approximate surface area is 147 Å². The predicted molar refractivity (Wildman–Crippen MR) is 91.0 cm³/mol. The van der Waals surface area contributed by atoms with Crippen molar-refractivity contribution >= 4 is 10.0 Å². The molecule has 0 unspecified atom stereocenters. The number of aliphatic hydroxyl groups is 1. The molecule has 1 aromatic heterocycles. The van der Waals surface area contributed by atoms with E-state index in [2.05, 4.69) is 9.88 Å².